The second-order valence-electron chi connectivity index (χ2n) is 12.5. The van der Waals surface area contributed by atoms with Crippen molar-refractivity contribution in [1.82, 2.24) is 0 Å². The monoisotopic (exact) mass is 838 g/mol. The van der Waals surface area contributed by atoms with Crippen LogP contribution in [0.5, 0.6) is 0 Å². The Morgan fingerprint density at radius 1 is 0.352 bits per heavy atom. The fourth-order valence-electron chi connectivity index (χ4n) is 5.50. The number of halogens is 24. The van der Waals surface area contributed by atoms with E-state index in [1.165, 1.54) is 0 Å². The largest absolute Gasteiger partial charge is 0.384 e. The van der Waals surface area contributed by atoms with Crippen molar-refractivity contribution < 1.29 is 105 Å². The van der Waals surface area contributed by atoms with Crippen LogP contribution in [0.25, 0.3) is 0 Å². The summed E-state index contributed by atoms with van der Waals surface area (Å²) < 4.78 is 340. The zero-order valence-corrected chi connectivity index (χ0v) is 26.4. The summed E-state index contributed by atoms with van der Waals surface area (Å²) in [4.78, 5) is 0. The molecule has 54 heavy (non-hydrogen) atoms. The summed E-state index contributed by atoms with van der Waals surface area (Å²) >= 11 is 0. The second kappa shape index (κ2) is 13.7. The molecule has 0 aliphatic heterocycles. The minimum absolute atomic E-state index is 0.00468. The molecule has 2 unspecified atom stereocenters. The van der Waals surface area contributed by atoms with Crippen LogP contribution in [0.4, 0.5) is 105 Å². The summed E-state index contributed by atoms with van der Waals surface area (Å²) in [6, 6.07) is 6.28. The SMILES string of the molecule is CC(CC(F)(F)C(F)(F)C(F)(F)C(F)(F)C(F)(F)C(F)F)(c1ccccc1)C(C)(CC(F)(F)C(F)(F)C(F)(F)C(F)(F)C(F)(F)C(F)F)c1ccccc1. The Hall–Kier alpha value is -3.24. The lowest BCUT2D eigenvalue weighted by Crippen LogP contribution is -2.70. The molecule has 24 heteroatoms. The molecule has 310 valence electrons. The zero-order valence-electron chi connectivity index (χ0n) is 26.4. The van der Waals surface area contributed by atoms with Crippen molar-refractivity contribution in [3.05, 3.63) is 71.8 Å². The molecule has 0 saturated heterocycles. The fraction of sp³-hybridized carbons (Fsp3) is 0.600. The van der Waals surface area contributed by atoms with E-state index in [9.17, 15) is 87.8 Å². The van der Waals surface area contributed by atoms with Gasteiger partial charge in [-0.25, -0.2) is 17.6 Å². The highest BCUT2D eigenvalue weighted by Crippen LogP contribution is 2.65. The van der Waals surface area contributed by atoms with E-state index in [2.05, 4.69) is 0 Å². The zero-order chi connectivity index (χ0) is 42.8. The maximum atomic E-state index is 15.6. The molecule has 0 heterocycles. The van der Waals surface area contributed by atoms with Gasteiger partial charge in [0.1, 0.15) is 0 Å². The van der Waals surface area contributed by atoms with Crippen LogP contribution in [-0.2, 0) is 10.8 Å². The summed E-state index contributed by atoms with van der Waals surface area (Å²) in [5.41, 5.74) is -10.1. The molecular weight excluding hydrogens is 816 g/mol. The Balaban J connectivity index is 3.03. The van der Waals surface area contributed by atoms with Crippen molar-refractivity contribution in [2.24, 2.45) is 0 Å². The minimum Gasteiger partial charge on any atom is -0.203 e. The Kier molecular flexibility index (Phi) is 11.9. The molecule has 0 nitrogen and oxygen atoms in total. The molecule has 0 bridgehead atoms. The van der Waals surface area contributed by atoms with Gasteiger partial charge < -0.3 is 0 Å². The van der Waals surface area contributed by atoms with Crippen molar-refractivity contribution >= 4 is 0 Å². The van der Waals surface area contributed by atoms with Crippen LogP contribution < -0.4 is 0 Å². The van der Waals surface area contributed by atoms with E-state index in [4.69, 9.17) is 0 Å². The molecule has 0 amide bonds. The average molecular weight is 838 g/mol. The van der Waals surface area contributed by atoms with Gasteiger partial charge in [0, 0.05) is 23.7 Å². The van der Waals surface area contributed by atoms with Crippen molar-refractivity contribution in [2.75, 3.05) is 0 Å². The molecular formula is C30H22F24. The van der Waals surface area contributed by atoms with E-state index in [1.807, 2.05) is 0 Å². The van der Waals surface area contributed by atoms with Crippen LogP contribution >= 0.6 is 0 Å². The summed E-state index contributed by atoms with van der Waals surface area (Å²) in [5, 5.41) is 0. The topological polar surface area (TPSA) is 0 Å². The summed E-state index contributed by atoms with van der Waals surface area (Å²) in [6.45, 7) is -0.00935. The predicted octanol–water partition coefficient (Wildman–Crippen LogP) is 12.6. The molecule has 2 aromatic carbocycles. The lowest BCUT2D eigenvalue weighted by atomic mass is 9.54. The molecule has 0 fully saturated rings. The maximum Gasteiger partial charge on any atom is 0.384 e. The van der Waals surface area contributed by atoms with Crippen molar-refractivity contribution in [1.29, 1.82) is 0 Å². The van der Waals surface area contributed by atoms with Crippen molar-refractivity contribution in [3.8, 4) is 0 Å². The number of benzene rings is 2. The number of rotatable bonds is 17. The molecule has 2 aromatic rings. The van der Waals surface area contributed by atoms with E-state index in [0.717, 1.165) is 12.1 Å². The predicted molar refractivity (Wildman–Crippen MR) is 138 cm³/mol. The first kappa shape index (κ1) is 46.9. The third-order valence-electron chi connectivity index (χ3n) is 9.07. The quantitative estimate of drug-likeness (QED) is 0.139. The highest BCUT2D eigenvalue weighted by Gasteiger charge is 2.90. The first-order valence-corrected chi connectivity index (χ1v) is 14.2. The van der Waals surface area contributed by atoms with Gasteiger partial charge in [-0.2, -0.15) is 87.8 Å². The Morgan fingerprint density at radius 3 is 0.778 bits per heavy atom. The Morgan fingerprint density at radius 2 is 0.574 bits per heavy atom. The van der Waals surface area contributed by atoms with Crippen LogP contribution in [0.1, 0.15) is 37.8 Å². The highest BCUT2D eigenvalue weighted by molar-refractivity contribution is 5.39. The van der Waals surface area contributed by atoms with Gasteiger partial charge >= 0.3 is 72.1 Å². The van der Waals surface area contributed by atoms with E-state index in [0.29, 0.717) is 48.5 Å². The van der Waals surface area contributed by atoms with Gasteiger partial charge in [-0.3, -0.25) is 0 Å². The molecule has 0 saturated carbocycles. The molecule has 2 rings (SSSR count). The van der Waals surface area contributed by atoms with Gasteiger partial charge in [0.15, 0.2) is 0 Å². The van der Waals surface area contributed by atoms with E-state index in [-0.39, 0.29) is 13.8 Å². The first-order valence-electron chi connectivity index (χ1n) is 14.2. The van der Waals surface area contributed by atoms with Gasteiger partial charge in [0.25, 0.3) is 0 Å². The van der Waals surface area contributed by atoms with E-state index < -0.39 is 107 Å². The molecule has 0 aliphatic carbocycles. The molecule has 0 aromatic heterocycles. The lowest BCUT2D eigenvalue weighted by Gasteiger charge is -2.52. The third-order valence-corrected chi connectivity index (χ3v) is 9.07. The molecule has 2 atom stereocenters. The van der Waals surface area contributed by atoms with Gasteiger partial charge in [-0.1, -0.05) is 74.5 Å². The standard InChI is InChI=1S/C30H22F24/c1-19(15-9-5-3-6-10-15,13-21(35,36)25(43,44)29(51,52)27(47,48)23(39,40)17(31)32)20(2,16-11-7-4-8-12-16)14-22(37,38)26(45,46)30(53,54)28(49,50)24(41,42)18(33)34/h3-12,17-18H,13-14H2,1-2H3. The summed E-state index contributed by atoms with van der Waals surface area (Å²) in [5.74, 6) is -77.5. The molecule has 0 spiro atoms. The van der Waals surface area contributed by atoms with Gasteiger partial charge in [-0.15, -0.1) is 0 Å². The normalized spacial score (nSPS) is 17.5. The Labute approximate surface area is 287 Å². The van der Waals surface area contributed by atoms with Crippen LogP contribution in [-0.4, -0.2) is 72.1 Å². The summed E-state index contributed by atoms with van der Waals surface area (Å²) in [6.07, 6.45) is -18.6. The Bertz CT molecular complexity index is 1450. The van der Waals surface area contributed by atoms with Crippen LogP contribution in [0.3, 0.4) is 0 Å². The number of alkyl halides is 24. The van der Waals surface area contributed by atoms with Crippen LogP contribution in [0.2, 0.25) is 0 Å². The van der Waals surface area contributed by atoms with Gasteiger partial charge in [0.05, 0.1) is 0 Å². The lowest BCUT2D eigenvalue weighted by molar-refractivity contribution is -0.416. The van der Waals surface area contributed by atoms with E-state index >= 15 is 17.6 Å². The number of hydrogen-bond donors (Lipinski definition) is 0. The van der Waals surface area contributed by atoms with E-state index in [1.54, 1.807) is 0 Å². The number of hydrogen-bond acceptors (Lipinski definition) is 0. The van der Waals surface area contributed by atoms with Crippen molar-refractivity contribution in [3.63, 3.8) is 0 Å². The second-order valence-corrected chi connectivity index (χ2v) is 12.5. The summed E-state index contributed by atoms with van der Waals surface area (Å²) in [7, 11) is 0. The average Bonchev–Trinajstić information content (AvgIpc) is 3.04. The van der Waals surface area contributed by atoms with Gasteiger partial charge in [-0.05, 0) is 11.1 Å². The third kappa shape index (κ3) is 6.61. The smallest absolute Gasteiger partial charge is 0.203 e. The van der Waals surface area contributed by atoms with Gasteiger partial charge in [0.2, 0.25) is 0 Å². The first-order chi connectivity index (χ1) is 23.8. The molecule has 0 aliphatic rings. The van der Waals surface area contributed by atoms with Crippen LogP contribution in [0.15, 0.2) is 60.7 Å². The minimum atomic E-state index is -8.20. The van der Waals surface area contributed by atoms with Crippen LogP contribution in [0, 0.1) is 0 Å². The maximum absolute atomic E-state index is 15.6. The molecule has 0 N–H and O–H groups in total. The van der Waals surface area contributed by atoms with Crippen molar-refractivity contribution in [2.45, 2.75) is 110 Å². The highest BCUT2D eigenvalue weighted by atomic mass is 19.4. The fourth-order valence-corrected chi connectivity index (χ4v) is 5.50. The molecule has 0 radical (unpaired) electrons.